The van der Waals surface area contributed by atoms with Crippen LogP contribution in [0.25, 0.3) is 11.1 Å². The standard InChI is InChI=1S/C26H30F2N2O5/c1-2-3-8-16(13-24(31)32)29-25(33)22(14-23(27)28)30-26(34)35-15-21-19-11-6-4-9-17(19)18-10-5-7-12-20(18)21/h4-7,9-12,16,21-23H,2-3,8,13-15H2,1H3,(H,29,33)(H,30,34)(H,31,32)/t16-,22?/m0/s1. The van der Waals surface area contributed by atoms with Crippen LogP contribution in [0.4, 0.5) is 13.6 Å². The SMILES string of the molecule is CCCC[C@@H](CC(=O)O)NC(=O)C(CC(F)F)NC(=O)OCC1c2ccccc2-c2ccccc21. The number of alkyl halides is 2. The largest absolute Gasteiger partial charge is 0.481 e. The highest BCUT2D eigenvalue weighted by Gasteiger charge is 2.31. The number of nitrogens with one attached hydrogen (secondary N) is 2. The molecule has 2 aromatic rings. The van der Waals surface area contributed by atoms with E-state index in [9.17, 15) is 23.2 Å². The highest BCUT2D eigenvalue weighted by atomic mass is 19.3. The molecule has 2 atom stereocenters. The molecule has 0 bridgehead atoms. The first kappa shape index (κ1) is 26.1. The van der Waals surface area contributed by atoms with Gasteiger partial charge in [0.1, 0.15) is 12.6 Å². The summed E-state index contributed by atoms with van der Waals surface area (Å²) in [6, 6.07) is 13.3. The Hall–Kier alpha value is -3.49. The van der Waals surface area contributed by atoms with Gasteiger partial charge in [0, 0.05) is 18.4 Å². The summed E-state index contributed by atoms with van der Waals surface area (Å²) < 4.78 is 31.7. The number of benzene rings is 2. The van der Waals surface area contributed by atoms with Crippen molar-refractivity contribution in [2.24, 2.45) is 0 Å². The molecule has 3 rings (SSSR count). The van der Waals surface area contributed by atoms with Gasteiger partial charge in [0.25, 0.3) is 0 Å². The molecule has 0 spiro atoms. The molecule has 1 unspecified atom stereocenters. The summed E-state index contributed by atoms with van der Waals surface area (Å²) in [4.78, 5) is 36.3. The summed E-state index contributed by atoms with van der Waals surface area (Å²) in [5.41, 5.74) is 4.08. The minimum atomic E-state index is -2.85. The Morgan fingerprint density at radius 3 is 2.14 bits per heavy atom. The van der Waals surface area contributed by atoms with Crippen LogP contribution in [0.2, 0.25) is 0 Å². The number of carbonyl (C=O) groups is 3. The number of carboxylic acid groups (broad SMARTS) is 1. The van der Waals surface area contributed by atoms with Crippen LogP contribution in [0, 0.1) is 0 Å². The quantitative estimate of drug-likeness (QED) is 0.402. The average Bonchev–Trinajstić information content (AvgIpc) is 3.14. The predicted molar refractivity (Wildman–Crippen MR) is 126 cm³/mol. The second-order valence-corrected chi connectivity index (χ2v) is 8.59. The normalized spacial score (nSPS) is 14.1. The van der Waals surface area contributed by atoms with Crippen molar-refractivity contribution in [2.75, 3.05) is 6.61 Å². The summed E-state index contributed by atoms with van der Waals surface area (Å²) in [6.07, 6.45) is -3.26. The smallest absolute Gasteiger partial charge is 0.407 e. The van der Waals surface area contributed by atoms with Crippen LogP contribution in [0.3, 0.4) is 0 Å². The van der Waals surface area contributed by atoms with Crippen molar-refractivity contribution in [2.45, 2.75) is 63.5 Å². The number of aliphatic carboxylic acids is 1. The van der Waals surface area contributed by atoms with Crippen molar-refractivity contribution >= 4 is 18.0 Å². The van der Waals surface area contributed by atoms with Gasteiger partial charge in [-0.3, -0.25) is 9.59 Å². The fourth-order valence-electron chi connectivity index (χ4n) is 4.38. The van der Waals surface area contributed by atoms with Gasteiger partial charge in [-0.2, -0.15) is 0 Å². The highest BCUT2D eigenvalue weighted by molar-refractivity contribution is 5.86. The van der Waals surface area contributed by atoms with E-state index in [4.69, 9.17) is 9.84 Å². The van der Waals surface area contributed by atoms with Gasteiger partial charge in [-0.05, 0) is 28.7 Å². The number of carboxylic acids is 1. The number of hydrogen-bond acceptors (Lipinski definition) is 4. The lowest BCUT2D eigenvalue weighted by Crippen LogP contribution is -2.51. The first-order chi connectivity index (χ1) is 16.8. The number of ether oxygens (including phenoxy) is 1. The first-order valence-electron chi connectivity index (χ1n) is 11.7. The number of unbranched alkanes of at least 4 members (excludes halogenated alkanes) is 1. The minimum Gasteiger partial charge on any atom is -0.481 e. The van der Waals surface area contributed by atoms with Crippen molar-refractivity contribution in [1.29, 1.82) is 0 Å². The fourth-order valence-corrected chi connectivity index (χ4v) is 4.38. The number of fused-ring (bicyclic) bond motifs is 3. The van der Waals surface area contributed by atoms with E-state index in [1.54, 1.807) is 0 Å². The van der Waals surface area contributed by atoms with E-state index >= 15 is 0 Å². The third kappa shape index (κ3) is 7.00. The summed E-state index contributed by atoms with van der Waals surface area (Å²) >= 11 is 0. The maximum absolute atomic E-state index is 13.1. The highest BCUT2D eigenvalue weighted by Crippen LogP contribution is 2.44. The maximum Gasteiger partial charge on any atom is 0.407 e. The molecule has 0 aliphatic heterocycles. The Morgan fingerprint density at radius 1 is 1.00 bits per heavy atom. The van der Waals surface area contributed by atoms with Crippen LogP contribution >= 0.6 is 0 Å². The maximum atomic E-state index is 13.1. The Balaban J connectivity index is 1.64. The molecule has 35 heavy (non-hydrogen) atoms. The van der Waals surface area contributed by atoms with Gasteiger partial charge in [0.05, 0.1) is 6.42 Å². The molecule has 2 amide bonds. The van der Waals surface area contributed by atoms with Gasteiger partial charge in [0.2, 0.25) is 12.3 Å². The molecule has 7 nitrogen and oxygen atoms in total. The monoisotopic (exact) mass is 488 g/mol. The molecule has 0 saturated heterocycles. The van der Waals surface area contributed by atoms with Crippen molar-refractivity contribution in [3.63, 3.8) is 0 Å². The summed E-state index contributed by atoms with van der Waals surface area (Å²) in [6.45, 7) is 1.89. The molecular weight excluding hydrogens is 458 g/mol. The van der Waals surface area contributed by atoms with E-state index in [0.29, 0.717) is 12.8 Å². The number of rotatable bonds is 12. The third-order valence-electron chi connectivity index (χ3n) is 6.04. The van der Waals surface area contributed by atoms with E-state index in [2.05, 4.69) is 10.6 Å². The molecule has 0 heterocycles. The van der Waals surface area contributed by atoms with Crippen LogP contribution in [-0.4, -0.2) is 48.2 Å². The van der Waals surface area contributed by atoms with Crippen molar-refractivity contribution < 1.29 is 33.0 Å². The Bertz CT molecular complexity index is 1000. The Morgan fingerprint density at radius 2 is 1.60 bits per heavy atom. The van der Waals surface area contributed by atoms with Crippen molar-refractivity contribution in [3.05, 3.63) is 59.7 Å². The molecule has 2 aromatic carbocycles. The zero-order valence-electron chi connectivity index (χ0n) is 19.5. The minimum absolute atomic E-state index is 0.0268. The molecule has 0 aromatic heterocycles. The zero-order chi connectivity index (χ0) is 25.4. The van der Waals surface area contributed by atoms with Crippen LogP contribution in [0.1, 0.15) is 56.1 Å². The van der Waals surface area contributed by atoms with Crippen LogP contribution in [-0.2, 0) is 14.3 Å². The van der Waals surface area contributed by atoms with Gasteiger partial charge in [-0.1, -0.05) is 68.3 Å². The van der Waals surface area contributed by atoms with Crippen LogP contribution in [0.5, 0.6) is 0 Å². The van der Waals surface area contributed by atoms with E-state index in [0.717, 1.165) is 28.7 Å². The zero-order valence-corrected chi connectivity index (χ0v) is 19.5. The molecular formula is C26H30F2N2O5. The number of halogens is 2. The molecule has 0 saturated carbocycles. The van der Waals surface area contributed by atoms with Gasteiger partial charge in [-0.25, -0.2) is 13.6 Å². The second-order valence-electron chi connectivity index (χ2n) is 8.59. The topological polar surface area (TPSA) is 105 Å². The van der Waals surface area contributed by atoms with E-state index in [1.807, 2.05) is 55.5 Å². The van der Waals surface area contributed by atoms with Crippen LogP contribution < -0.4 is 10.6 Å². The molecule has 1 aliphatic rings. The average molecular weight is 489 g/mol. The molecule has 0 radical (unpaired) electrons. The van der Waals surface area contributed by atoms with Gasteiger partial charge in [-0.15, -0.1) is 0 Å². The van der Waals surface area contributed by atoms with Gasteiger partial charge < -0.3 is 20.5 Å². The molecule has 0 fully saturated rings. The fraction of sp³-hybridized carbons (Fsp3) is 0.423. The summed E-state index contributed by atoms with van der Waals surface area (Å²) in [5, 5.41) is 13.8. The molecule has 3 N–H and O–H groups in total. The van der Waals surface area contributed by atoms with Crippen LogP contribution in [0.15, 0.2) is 48.5 Å². The van der Waals surface area contributed by atoms with Gasteiger partial charge in [0.15, 0.2) is 0 Å². The van der Waals surface area contributed by atoms with Gasteiger partial charge >= 0.3 is 12.1 Å². The van der Waals surface area contributed by atoms with E-state index < -0.39 is 42.9 Å². The Kier molecular flexibility index (Phi) is 9.17. The number of carbonyl (C=O) groups excluding carboxylic acids is 2. The lowest BCUT2D eigenvalue weighted by molar-refractivity contribution is -0.137. The first-order valence-corrected chi connectivity index (χ1v) is 11.7. The second kappa shape index (κ2) is 12.3. The summed E-state index contributed by atoms with van der Waals surface area (Å²) in [5.74, 6) is -2.19. The lowest BCUT2D eigenvalue weighted by Gasteiger charge is -2.23. The molecule has 188 valence electrons. The van der Waals surface area contributed by atoms with E-state index in [1.165, 1.54) is 0 Å². The number of alkyl carbamates (subject to hydrolysis) is 1. The molecule has 1 aliphatic carbocycles. The number of hydrogen-bond donors (Lipinski definition) is 3. The third-order valence-corrected chi connectivity index (χ3v) is 6.04. The van der Waals surface area contributed by atoms with Crippen molar-refractivity contribution in [3.8, 4) is 11.1 Å². The molecule has 9 heteroatoms. The van der Waals surface area contributed by atoms with Crippen molar-refractivity contribution in [1.82, 2.24) is 10.6 Å². The summed E-state index contributed by atoms with van der Waals surface area (Å²) in [7, 11) is 0. The Labute approximate surface area is 202 Å². The lowest BCUT2D eigenvalue weighted by atomic mass is 9.98. The predicted octanol–water partition coefficient (Wildman–Crippen LogP) is 4.70. The van der Waals surface area contributed by atoms with E-state index in [-0.39, 0.29) is 18.9 Å². The number of amides is 2.